The maximum absolute atomic E-state index is 13.0. The van der Waals surface area contributed by atoms with Crippen molar-refractivity contribution in [3.63, 3.8) is 0 Å². The smallest absolute Gasteiger partial charge is 0.321 e. The van der Waals surface area contributed by atoms with E-state index in [9.17, 15) is 14.0 Å². The molecule has 1 aromatic heterocycles. The summed E-state index contributed by atoms with van der Waals surface area (Å²) in [4.78, 5) is 33.7. The molecule has 0 radical (unpaired) electrons. The fraction of sp³-hybridized carbons (Fsp3) is 0.400. The van der Waals surface area contributed by atoms with Crippen molar-refractivity contribution in [2.24, 2.45) is 0 Å². The first-order valence-corrected chi connectivity index (χ1v) is 9.33. The van der Waals surface area contributed by atoms with E-state index in [-0.39, 0.29) is 40.1 Å². The number of hydrogen-bond donors (Lipinski definition) is 4. The zero-order valence-electron chi connectivity index (χ0n) is 16.9. The molecule has 2 amide bonds. The van der Waals surface area contributed by atoms with E-state index in [1.807, 2.05) is 20.8 Å². The van der Waals surface area contributed by atoms with Gasteiger partial charge in [0.1, 0.15) is 23.0 Å². The monoisotopic (exact) mass is 400 g/mol. The van der Waals surface area contributed by atoms with Crippen molar-refractivity contribution in [3.05, 3.63) is 51.8 Å². The molecule has 2 aromatic rings. The van der Waals surface area contributed by atoms with Crippen molar-refractivity contribution in [1.29, 1.82) is 5.41 Å². The second-order valence-corrected chi connectivity index (χ2v) is 8.21. The molecule has 3 rings (SSSR count). The standard InChI is InChI=1S/C20H25FN6O2/c1-11(22)15-17(26-20(2,3)4)24-16(25-18(15)28)12-9-27(10-12)19(29)23-14-7-5-13(21)6-8-14/h5-8,12,22H,9-10H2,1-4H3,(H,23,29)(H2,24,25,26,28). The average molecular weight is 400 g/mol. The second kappa shape index (κ2) is 7.65. The average Bonchev–Trinajstić information content (AvgIpc) is 2.53. The molecule has 1 fully saturated rings. The van der Waals surface area contributed by atoms with Crippen LogP contribution in [0.1, 0.15) is 45.0 Å². The van der Waals surface area contributed by atoms with Gasteiger partial charge in [-0.15, -0.1) is 0 Å². The number of halogens is 1. The summed E-state index contributed by atoms with van der Waals surface area (Å²) in [5, 5.41) is 13.8. The van der Waals surface area contributed by atoms with Crippen LogP contribution in [0.5, 0.6) is 0 Å². The molecule has 1 aliphatic heterocycles. The van der Waals surface area contributed by atoms with Crippen LogP contribution in [0.2, 0.25) is 0 Å². The van der Waals surface area contributed by atoms with Crippen LogP contribution >= 0.6 is 0 Å². The zero-order valence-corrected chi connectivity index (χ0v) is 16.9. The molecule has 154 valence electrons. The van der Waals surface area contributed by atoms with Crippen molar-refractivity contribution in [2.45, 2.75) is 39.2 Å². The Morgan fingerprint density at radius 3 is 2.45 bits per heavy atom. The van der Waals surface area contributed by atoms with Crippen LogP contribution in [-0.4, -0.2) is 45.2 Å². The predicted octanol–water partition coefficient (Wildman–Crippen LogP) is 3.14. The highest BCUT2D eigenvalue weighted by Gasteiger charge is 2.34. The third kappa shape index (κ3) is 4.79. The highest BCUT2D eigenvalue weighted by atomic mass is 19.1. The molecule has 29 heavy (non-hydrogen) atoms. The Hall–Kier alpha value is -3.23. The molecule has 0 bridgehead atoms. The largest absolute Gasteiger partial charge is 0.365 e. The minimum absolute atomic E-state index is 0.109. The molecule has 1 aliphatic rings. The molecule has 2 heterocycles. The van der Waals surface area contributed by atoms with Gasteiger partial charge in [0.15, 0.2) is 0 Å². The van der Waals surface area contributed by atoms with Gasteiger partial charge in [-0.25, -0.2) is 14.2 Å². The zero-order chi connectivity index (χ0) is 21.3. The summed E-state index contributed by atoms with van der Waals surface area (Å²) in [5.74, 6) is 0.378. The van der Waals surface area contributed by atoms with Crippen LogP contribution in [-0.2, 0) is 0 Å². The Balaban J connectivity index is 1.72. The lowest BCUT2D eigenvalue weighted by molar-refractivity contribution is 0.160. The summed E-state index contributed by atoms with van der Waals surface area (Å²) < 4.78 is 13.0. The molecule has 0 unspecified atom stereocenters. The molecule has 0 spiro atoms. The fourth-order valence-corrected chi connectivity index (χ4v) is 3.03. The van der Waals surface area contributed by atoms with Gasteiger partial charge in [0, 0.05) is 30.0 Å². The lowest BCUT2D eigenvalue weighted by Crippen LogP contribution is -2.51. The van der Waals surface area contributed by atoms with E-state index in [1.165, 1.54) is 24.3 Å². The number of aromatic nitrogens is 2. The summed E-state index contributed by atoms with van der Waals surface area (Å²) in [5.41, 5.74) is 0.153. The van der Waals surface area contributed by atoms with Gasteiger partial charge in [0.2, 0.25) is 0 Å². The number of urea groups is 1. The number of hydrogen-bond acceptors (Lipinski definition) is 5. The van der Waals surface area contributed by atoms with E-state index in [2.05, 4.69) is 20.6 Å². The van der Waals surface area contributed by atoms with Gasteiger partial charge in [-0.05, 0) is 52.0 Å². The van der Waals surface area contributed by atoms with Crippen molar-refractivity contribution < 1.29 is 9.18 Å². The van der Waals surface area contributed by atoms with Crippen molar-refractivity contribution >= 4 is 23.2 Å². The Morgan fingerprint density at radius 1 is 1.28 bits per heavy atom. The normalized spacial score (nSPS) is 14.3. The first-order valence-electron chi connectivity index (χ1n) is 9.33. The van der Waals surface area contributed by atoms with Crippen molar-refractivity contribution in [2.75, 3.05) is 23.7 Å². The number of carbonyl (C=O) groups is 1. The predicted molar refractivity (Wildman–Crippen MR) is 110 cm³/mol. The van der Waals surface area contributed by atoms with Crippen LogP contribution in [0.25, 0.3) is 0 Å². The van der Waals surface area contributed by atoms with E-state index in [0.717, 1.165) is 0 Å². The molecular formula is C20H25FN6O2. The molecule has 0 atom stereocenters. The van der Waals surface area contributed by atoms with Gasteiger partial charge < -0.3 is 25.9 Å². The van der Waals surface area contributed by atoms with Gasteiger partial charge in [0.25, 0.3) is 5.56 Å². The summed E-state index contributed by atoms with van der Waals surface area (Å²) in [6, 6.07) is 5.24. The quantitative estimate of drug-likeness (QED) is 0.590. The number of benzene rings is 1. The molecule has 1 saturated heterocycles. The van der Waals surface area contributed by atoms with E-state index < -0.39 is 0 Å². The Bertz CT molecular complexity index is 988. The van der Waals surface area contributed by atoms with Gasteiger partial charge in [-0.1, -0.05) is 0 Å². The molecular weight excluding hydrogens is 375 g/mol. The first-order chi connectivity index (χ1) is 13.5. The number of amides is 2. The Kier molecular flexibility index (Phi) is 5.41. The third-order valence-corrected chi connectivity index (χ3v) is 4.46. The number of likely N-dealkylation sites (tertiary alicyclic amines) is 1. The lowest BCUT2D eigenvalue weighted by Gasteiger charge is -2.38. The number of rotatable bonds is 4. The Labute approximate surface area is 168 Å². The molecule has 9 heteroatoms. The number of carbonyl (C=O) groups excluding carboxylic acids is 1. The van der Waals surface area contributed by atoms with Gasteiger partial charge in [-0.3, -0.25) is 4.79 Å². The highest BCUT2D eigenvalue weighted by molar-refractivity contribution is 6.00. The number of anilines is 2. The van der Waals surface area contributed by atoms with Crippen molar-refractivity contribution in [1.82, 2.24) is 14.9 Å². The van der Waals surface area contributed by atoms with E-state index >= 15 is 0 Å². The van der Waals surface area contributed by atoms with Crippen LogP contribution in [0.3, 0.4) is 0 Å². The summed E-state index contributed by atoms with van der Waals surface area (Å²) in [6.45, 7) is 8.18. The minimum atomic E-state index is -0.372. The topological polar surface area (TPSA) is 114 Å². The molecule has 0 aliphatic carbocycles. The summed E-state index contributed by atoms with van der Waals surface area (Å²) in [7, 11) is 0. The summed E-state index contributed by atoms with van der Waals surface area (Å²) >= 11 is 0. The number of H-pyrrole nitrogens is 1. The first kappa shape index (κ1) is 20.5. The Morgan fingerprint density at radius 2 is 1.90 bits per heavy atom. The van der Waals surface area contributed by atoms with Gasteiger partial charge in [0.05, 0.1) is 5.92 Å². The lowest BCUT2D eigenvalue weighted by atomic mass is 9.99. The fourth-order valence-electron chi connectivity index (χ4n) is 3.03. The molecule has 1 aromatic carbocycles. The number of aromatic amines is 1. The van der Waals surface area contributed by atoms with Crippen LogP contribution in [0, 0.1) is 11.2 Å². The van der Waals surface area contributed by atoms with Crippen LogP contribution in [0.15, 0.2) is 29.1 Å². The van der Waals surface area contributed by atoms with E-state index in [0.29, 0.717) is 30.4 Å². The molecule has 0 saturated carbocycles. The highest BCUT2D eigenvalue weighted by Crippen LogP contribution is 2.26. The minimum Gasteiger partial charge on any atom is -0.365 e. The van der Waals surface area contributed by atoms with E-state index in [4.69, 9.17) is 5.41 Å². The number of nitrogens with one attached hydrogen (secondary N) is 4. The van der Waals surface area contributed by atoms with Crippen LogP contribution < -0.4 is 16.2 Å². The maximum atomic E-state index is 13.0. The van der Waals surface area contributed by atoms with Crippen LogP contribution in [0.4, 0.5) is 20.7 Å². The second-order valence-electron chi connectivity index (χ2n) is 8.21. The maximum Gasteiger partial charge on any atom is 0.321 e. The molecule has 8 nitrogen and oxygen atoms in total. The molecule has 4 N–H and O–H groups in total. The third-order valence-electron chi connectivity index (χ3n) is 4.46. The SMILES string of the molecule is CC(=N)c1c(NC(C)(C)C)nc(C2CN(C(=O)Nc3ccc(F)cc3)C2)[nH]c1=O. The van der Waals surface area contributed by atoms with Crippen molar-refractivity contribution in [3.8, 4) is 0 Å². The van der Waals surface area contributed by atoms with E-state index in [1.54, 1.807) is 11.8 Å². The number of nitrogens with zero attached hydrogens (tertiary/aromatic N) is 2. The van der Waals surface area contributed by atoms with Gasteiger partial charge >= 0.3 is 6.03 Å². The van der Waals surface area contributed by atoms with Gasteiger partial charge in [-0.2, -0.15) is 0 Å². The summed E-state index contributed by atoms with van der Waals surface area (Å²) in [6.07, 6.45) is 0.